The molecule has 0 spiro atoms. The smallest absolute Gasteiger partial charge is 0.318 e. The normalized spacial score (nSPS) is 25.5. The van der Waals surface area contributed by atoms with E-state index >= 15 is 0 Å². The number of carbonyl (C=O) groups excluding carboxylic acids is 2. The van der Waals surface area contributed by atoms with E-state index in [1.165, 1.54) is 42.2 Å². The van der Waals surface area contributed by atoms with Crippen molar-refractivity contribution in [3.63, 3.8) is 0 Å². The van der Waals surface area contributed by atoms with Crippen molar-refractivity contribution in [3.05, 3.63) is 41.6 Å². The Labute approximate surface area is 195 Å². The maximum Gasteiger partial charge on any atom is 0.318 e. The number of amides is 3. The van der Waals surface area contributed by atoms with Crippen molar-refractivity contribution in [1.29, 1.82) is 0 Å². The molecule has 6 rings (SSSR count). The summed E-state index contributed by atoms with van der Waals surface area (Å²) in [4.78, 5) is 34.5. The summed E-state index contributed by atoms with van der Waals surface area (Å²) in [6, 6.07) is 6.56. The van der Waals surface area contributed by atoms with Gasteiger partial charge in [-0.25, -0.2) is 4.79 Å². The number of urea groups is 1. The van der Waals surface area contributed by atoms with Gasteiger partial charge in [-0.1, -0.05) is 43.9 Å². The van der Waals surface area contributed by atoms with E-state index < -0.39 is 0 Å². The van der Waals surface area contributed by atoms with Crippen molar-refractivity contribution < 1.29 is 9.59 Å². The second-order valence-electron chi connectivity index (χ2n) is 10.3. The lowest BCUT2D eigenvalue weighted by Gasteiger charge is -2.42. The molecule has 2 aliphatic carbocycles. The summed E-state index contributed by atoms with van der Waals surface area (Å²) in [5, 5.41) is 4.61. The van der Waals surface area contributed by atoms with E-state index in [2.05, 4.69) is 40.8 Å². The third-order valence-electron chi connectivity index (χ3n) is 8.20. The van der Waals surface area contributed by atoms with Gasteiger partial charge in [0.25, 0.3) is 0 Å². The minimum atomic E-state index is -0.273. The molecule has 1 saturated heterocycles. The van der Waals surface area contributed by atoms with Gasteiger partial charge in [0.15, 0.2) is 0 Å². The molecule has 6 heteroatoms. The zero-order valence-electron chi connectivity index (χ0n) is 19.3. The molecule has 0 radical (unpaired) electrons. The summed E-state index contributed by atoms with van der Waals surface area (Å²) in [7, 11) is 0. The van der Waals surface area contributed by atoms with Gasteiger partial charge in [0, 0.05) is 42.8 Å². The van der Waals surface area contributed by atoms with Crippen LogP contribution in [0.5, 0.6) is 0 Å². The number of carbonyl (C=O) groups is 2. The summed E-state index contributed by atoms with van der Waals surface area (Å²) >= 11 is 0. The van der Waals surface area contributed by atoms with E-state index in [4.69, 9.17) is 0 Å². The van der Waals surface area contributed by atoms with Crippen molar-refractivity contribution in [2.75, 3.05) is 19.6 Å². The molecule has 3 heterocycles. The van der Waals surface area contributed by atoms with Gasteiger partial charge in [-0.15, -0.1) is 0 Å². The average Bonchev–Trinajstić information content (AvgIpc) is 3.45. The Bertz CT molecular complexity index is 1090. The number of hydrogen-bond acceptors (Lipinski definition) is 2. The van der Waals surface area contributed by atoms with E-state index in [0.29, 0.717) is 6.54 Å². The highest BCUT2D eigenvalue weighted by Crippen LogP contribution is 2.41. The number of benzene rings is 1. The standard InChI is InChI=1S/C27H34N4O2/c32-26(30-12-5-6-13-30)19-14-22-21-10-7-11-23-25(21)18(16-28-23)15-24(22)31(17-19)27(33)29-20-8-3-1-2-4-9-20/h7,10-11,14,16,19-20,24,28H,1-6,8-9,12-13,15,17H2,(H,29,33)/t19-,24-/m1/s1. The first-order valence-corrected chi connectivity index (χ1v) is 12.9. The Morgan fingerprint density at radius 2 is 1.79 bits per heavy atom. The predicted molar refractivity (Wildman–Crippen MR) is 130 cm³/mol. The Hall–Kier alpha value is -2.76. The number of fused-ring (bicyclic) bond motifs is 2. The number of nitrogens with zero attached hydrogens (tertiary/aromatic N) is 2. The Morgan fingerprint density at radius 1 is 1.00 bits per heavy atom. The molecule has 4 aliphatic rings. The number of rotatable bonds is 2. The first-order valence-electron chi connectivity index (χ1n) is 12.9. The summed E-state index contributed by atoms with van der Waals surface area (Å²) < 4.78 is 0. The van der Waals surface area contributed by atoms with Crippen LogP contribution in [0.15, 0.2) is 30.5 Å². The molecule has 2 aromatic rings. The molecule has 6 nitrogen and oxygen atoms in total. The van der Waals surface area contributed by atoms with Crippen molar-refractivity contribution in [2.45, 2.75) is 69.9 Å². The number of aromatic nitrogens is 1. The molecule has 174 valence electrons. The van der Waals surface area contributed by atoms with Crippen molar-refractivity contribution in [2.24, 2.45) is 5.92 Å². The SMILES string of the molecule is O=C([C@@H]1C=C2c3cccc4[nH]cc(c34)C[C@H]2N(C(=O)NC2CCCCCC2)C1)N1CCCC1. The highest BCUT2D eigenvalue weighted by atomic mass is 16.2. The van der Waals surface area contributed by atoms with Crippen LogP contribution in [0.3, 0.4) is 0 Å². The van der Waals surface area contributed by atoms with E-state index in [9.17, 15) is 9.59 Å². The van der Waals surface area contributed by atoms with Crippen LogP contribution in [-0.4, -0.2) is 58.4 Å². The zero-order chi connectivity index (χ0) is 22.4. The minimum Gasteiger partial charge on any atom is -0.361 e. The fourth-order valence-corrected chi connectivity index (χ4v) is 6.47. The largest absolute Gasteiger partial charge is 0.361 e. The third-order valence-corrected chi connectivity index (χ3v) is 8.20. The van der Waals surface area contributed by atoms with Gasteiger partial charge in [-0.2, -0.15) is 0 Å². The van der Waals surface area contributed by atoms with Crippen LogP contribution in [0, 0.1) is 5.92 Å². The van der Waals surface area contributed by atoms with E-state index in [1.807, 2.05) is 9.80 Å². The van der Waals surface area contributed by atoms with E-state index in [0.717, 1.165) is 56.3 Å². The second-order valence-corrected chi connectivity index (χ2v) is 10.3. The van der Waals surface area contributed by atoms with Crippen LogP contribution in [0.2, 0.25) is 0 Å². The third kappa shape index (κ3) is 3.73. The van der Waals surface area contributed by atoms with Crippen molar-refractivity contribution >= 4 is 28.4 Å². The summed E-state index contributed by atoms with van der Waals surface area (Å²) in [5.41, 5.74) is 4.71. The van der Waals surface area contributed by atoms with Gasteiger partial charge in [0.1, 0.15) is 0 Å². The highest BCUT2D eigenvalue weighted by Gasteiger charge is 2.41. The lowest BCUT2D eigenvalue weighted by atomic mass is 9.79. The van der Waals surface area contributed by atoms with Crippen LogP contribution < -0.4 is 5.32 Å². The molecule has 2 N–H and O–H groups in total. The Balaban J connectivity index is 1.35. The van der Waals surface area contributed by atoms with Gasteiger partial charge in [0.05, 0.1) is 12.0 Å². The number of nitrogens with one attached hydrogen (secondary N) is 2. The number of H-pyrrole nitrogens is 1. The summed E-state index contributed by atoms with van der Waals surface area (Å²) in [6.07, 6.45) is 14.2. The summed E-state index contributed by atoms with van der Waals surface area (Å²) in [6.45, 7) is 2.15. The van der Waals surface area contributed by atoms with E-state index in [1.54, 1.807) is 0 Å². The monoisotopic (exact) mass is 446 g/mol. The first kappa shape index (κ1) is 20.8. The molecule has 2 aliphatic heterocycles. The van der Waals surface area contributed by atoms with Gasteiger partial charge < -0.3 is 20.1 Å². The van der Waals surface area contributed by atoms with Gasteiger partial charge >= 0.3 is 6.03 Å². The van der Waals surface area contributed by atoms with Gasteiger partial charge in [-0.3, -0.25) is 4.79 Å². The quantitative estimate of drug-likeness (QED) is 0.669. The Kier molecular flexibility index (Phi) is 5.39. The molecule has 2 fully saturated rings. The van der Waals surface area contributed by atoms with Crippen LogP contribution in [0.1, 0.15) is 62.5 Å². The molecular weight excluding hydrogens is 412 g/mol. The molecule has 3 amide bonds. The van der Waals surface area contributed by atoms with Crippen LogP contribution in [0.25, 0.3) is 16.5 Å². The lowest BCUT2D eigenvalue weighted by molar-refractivity contribution is -0.133. The van der Waals surface area contributed by atoms with Gasteiger partial charge in [0.2, 0.25) is 5.91 Å². The molecule has 0 unspecified atom stereocenters. The molecule has 1 aromatic heterocycles. The Morgan fingerprint density at radius 3 is 2.58 bits per heavy atom. The second kappa shape index (κ2) is 8.54. The average molecular weight is 447 g/mol. The number of hydrogen-bond donors (Lipinski definition) is 2. The maximum atomic E-state index is 13.7. The zero-order valence-corrected chi connectivity index (χ0v) is 19.3. The fraction of sp³-hybridized carbons (Fsp3) is 0.556. The van der Waals surface area contributed by atoms with Crippen LogP contribution in [-0.2, 0) is 11.2 Å². The molecule has 0 bridgehead atoms. The van der Waals surface area contributed by atoms with Gasteiger partial charge in [-0.05, 0) is 54.9 Å². The lowest BCUT2D eigenvalue weighted by Crippen LogP contribution is -2.55. The summed E-state index contributed by atoms with van der Waals surface area (Å²) in [5.74, 6) is -0.0947. The van der Waals surface area contributed by atoms with Crippen LogP contribution in [0.4, 0.5) is 4.79 Å². The number of likely N-dealkylation sites (tertiary alicyclic amines) is 1. The maximum absolute atomic E-state index is 13.7. The van der Waals surface area contributed by atoms with E-state index in [-0.39, 0.29) is 29.9 Å². The first-order chi connectivity index (χ1) is 16.2. The topological polar surface area (TPSA) is 68.4 Å². The minimum absolute atomic E-state index is 0.00267. The molecule has 1 aromatic carbocycles. The molecule has 1 saturated carbocycles. The molecule has 2 atom stereocenters. The molecule has 33 heavy (non-hydrogen) atoms. The fourth-order valence-electron chi connectivity index (χ4n) is 6.47. The number of aromatic amines is 1. The highest BCUT2D eigenvalue weighted by molar-refractivity contribution is 6.00. The van der Waals surface area contributed by atoms with Crippen molar-refractivity contribution in [1.82, 2.24) is 20.1 Å². The predicted octanol–water partition coefficient (Wildman–Crippen LogP) is 4.46. The molecular formula is C27H34N4O2. The van der Waals surface area contributed by atoms with Crippen LogP contribution >= 0.6 is 0 Å². The van der Waals surface area contributed by atoms with Crippen molar-refractivity contribution in [3.8, 4) is 0 Å².